The molecule has 96 valence electrons. The molecular weight excluding hydrogens is 228 g/mol. The lowest BCUT2D eigenvalue weighted by atomic mass is 9.94. The lowest BCUT2D eigenvalue weighted by Gasteiger charge is -2.22. The Morgan fingerprint density at radius 3 is 2.67 bits per heavy atom. The molecule has 0 amide bonds. The van der Waals surface area contributed by atoms with E-state index in [1.165, 1.54) is 0 Å². The van der Waals surface area contributed by atoms with Gasteiger partial charge in [-0.25, -0.2) is 0 Å². The Labute approximate surface area is 106 Å². The third kappa shape index (κ3) is 2.84. The molecule has 0 spiro atoms. The molecule has 0 unspecified atom stereocenters. The van der Waals surface area contributed by atoms with Crippen LogP contribution in [0.2, 0.25) is 0 Å². The van der Waals surface area contributed by atoms with Gasteiger partial charge in [0.2, 0.25) is 5.95 Å². The van der Waals surface area contributed by atoms with Gasteiger partial charge in [-0.15, -0.1) is 0 Å². The summed E-state index contributed by atoms with van der Waals surface area (Å²) in [4.78, 5) is 0. The first kappa shape index (κ1) is 12.5. The van der Waals surface area contributed by atoms with Gasteiger partial charge in [-0.2, -0.15) is 4.68 Å². The van der Waals surface area contributed by atoms with Crippen LogP contribution in [-0.2, 0) is 0 Å². The first-order chi connectivity index (χ1) is 8.62. The van der Waals surface area contributed by atoms with Gasteiger partial charge in [0, 0.05) is 6.54 Å². The molecule has 6 nitrogen and oxygen atoms in total. The number of nitrogens with one attached hydrogen (secondary N) is 1. The van der Waals surface area contributed by atoms with Gasteiger partial charge < -0.3 is 11.1 Å². The maximum Gasteiger partial charge on any atom is 0.247 e. The minimum atomic E-state index is 0.00741. The molecule has 6 heteroatoms. The van der Waals surface area contributed by atoms with Crippen molar-refractivity contribution in [1.29, 1.82) is 0 Å². The van der Waals surface area contributed by atoms with Crippen molar-refractivity contribution in [1.82, 2.24) is 20.2 Å². The van der Waals surface area contributed by atoms with Gasteiger partial charge >= 0.3 is 0 Å². The van der Waals surface area contributed by atoms with Gasteiger partial charge in [0.1, 0.15) is 0 Å². The summed E-state index contributed by atoms with van der Waals surface area (Å²) in [6, 6.07) is 9.76. The van der Waals surface area contributed by atoms with Crippen LogP contribution in [0.5, 0.6) is 0 Å². The predicted octanol–water partition coefficient (Wildman–Crippen LogP) is 1.06. The summed E-state index contributed by atoms with van der Waals surface area (Å²) >= 11 is 0. The SMILES string of the molecule is CC(C)(CN)CNc1nnnn1-c1ccccc1. The highest BCUT2D eigenvalue weighted by molar-refractivity contribution is 5.38. The van der Waals surface area contributed by atoms with E-state index in [4.69, 9.17) is 5.73 Å². The van der Waals surface area contributed by atoms with Crippen LogP contribution in [0.3, 0.4) is 0 Å². The number of nitrogens with two attached hydrogens (primary N) is 1. The van der Waals surface area contributed by atoms with Crippen LogP contribution in [0.25, 0.3) is 5.69 Å². The van der Waals surface area contributed by atoms with E-state index in [1.807, 2.05) is 30.3 Å². The maximum atomic E-state index is 5.70. The number of hydrogen-bond donors (Lipinski definition) is 2. The molecule has 0 radical (unpaired) electrons. The average molecular weight is 246 g/mol. The van der Waals surface area contributed by atoms with Crippen LogP contribution in [0.4, 0.5) is 5.95 Å². The van der Waals surface area contributed by atoms with Crippen LogP contribution in [-0.4, -0.2) is 33.3 Å². The fourth-order valence-corrected chi connectivity index (χ4v) is 1.43. The minimum Gasteiger partial charge on any atom is -0.352 e. The molecule has 0 fully saturated rings. The molecule has 0 bridgehead atoms. The summed E-state index contributed by atoms with van der Waals surface area (Å²) in [5, 5.41) is 14.9. The molecule has 2 aromatic rings. The third-order valence-electron chi connectivity index (χ3n) is 2.75. The van der Waals surface area contributed by atoms with E-state index in [2.05, 4.69) is 34.7 Å². The van der Waals surface area contributed by atoms with Crippen molar-refractivity contribution < 1.29 is 0 Å². The fraction of sp³-hybridized carbons (Fsp3) is 0.417. The molecule has 3 N–H and O–H groups in total. The predicted molar refractivity (Wildman–Crippen MR) is 70.5 cm³/mol. The molecule has 0 aliphatic carbocycles. The van der Waals surface area contributed by atoms with E-state index < -0.39 is 0 Å². The van der Waals surface area contributed by atoms with E-state index in [0.29, 0.717) is 12.5 Å². The van der Waals surface area contributed by atoms with Crippen molar-refractivity contribution in [2.45, 2.75) is 13.8 Å². The Balaban J connectivity index is 2.14. The van der Waals surface area contributed by atoms with Gasteiger partial charge in [-0.3, -0.25) is 0 Å². The number of rotatable bonds is 5. The molecule has 0 saturated heterocycles. The van der Waals surface area contributed by atoms with Gasteiger partial charge in [-0.05, 0) is 34.5 Å². The highest BCUT2D eigenvalue weighted by Gasteiger charge is 2.17. The molecule has 18 heavy (non-hydrogen) atoms. The lowest BCUT2D eigenvalue weighted by Crippen LogP contribution is -2.32. The van der Waals surface area contributed by atoms with E-state index in [9.17, 15) is 0 Å². The number of aromatic nitrogens is 4. The van der Waals surface area contributed by atoms with Crippen LogP contribution < -0.4 is 11.1 Å². The molecule has 0 aliphatic rings. The molecule has 1 aromatic carbocycles. The van der Waals surface area contributed by atoms with Crippen molar-refractivity contribution in [2.75, 3.05) is 18.4 Å². The number of tetrazole rings is 1. The maximum absolute atomic E-state index is 5.70. The first-order valence-electron chi connectivity index (χ1n) is 5.90. The highest BCUT2D eigenvalue weighted by Crippen LogP contribution is 2.15. The number of benzene rings is 1. The molecule has 0 atom stereocenters. The Kier molecular flexibility index (Phi) is 3.57. The quantitative estimate of drug-likeness (QED) is 0.824. The van der Waals surface area contributed by atoms with Crippen LogP contribution >= 0.6 is 0 Å². The summed E-state index contributed by atoms with van der Waals surface area (Å²) in [6.07, 6.45) is 0. The molecule has 0 saturated carbocycles. The summed E-state index contributed by atoms with van der Waals surface area (Å²) in [7, 11) is 0. The molecule has 2 rings (SSSR count). The molecular formula is C12H18N6. The third-order valence-corrected chi connectivity index (χ3v) is 2.75. The average Bonchev–Trinajstić information content (AvgIpc) is 2.86. The zero-order valence-corrected chi connectivity index (χ0v) is 10.7. The second-order valence-electron chi connectivity index (χ2n) is 4.97. The Morgan fingerprint density at radius 1 is 1.28 bits per heavy atom. The van der Waals surface area contributed by atoms with E-state index in [0.717, 1.165) is 12.2 Å². The smallest absolute Gasteiger partial charge is 0.247 e. The molecule has 1 heterocycles. The summed E-state index contributed by atoms with van der Waals surface area (Å²) in [5.41, 5.74) is 6.63. The fourth-order valence-electron chi connectivity index (χ4n) is 1.43. The van der Waals surface area contributed by atoms with Crippen LogP contribution in [0, 0.1) is 5.41 Å². The minimum absolute atomic E-state index is 0.00741. The topological polar surface area (TPSA) is 81.7 Å². The van der Waals surface area contributed by atoms with Gasteiger partial charge in [0.05, 0.1) is 5.69 Å². The zero-order valence-electron chi connectivity index (χ0n) is 10.7. The Bertz CT molecular complexity index is 490. The van der Waals surface area contributed by atoms with Crippen molar-refractivity contribution >= 4 is 5.95 Å². The van der Waals surface area contributed by atoms with Crippen molar-refractivity contribution in [3.8, 4) is 5.69 Å². The first-order valence-corrected chi connectivity index (χ1v) is 5.90. The monoisotopic (exact) mass is 246 g/mol. The second-order valence-corrected chi connectivity index (χ2v) is 4.97. The Hall–Kier alpha value is -1.95. The van der Waals surface area contributed by atoms with Crippen molar-refractivity contribution in [2.24, 2.45) is 11.1 Å². The largest absolute Gasteiger partial charge is 0.352 e. The van der Waals surface area contributed by atoms with Gasteiger partial charge in [0.25, 0.3) is 0 Å². The number of anilines is 1. The standard InChI is InChI=1S/C12H18N6/c1-12(2,8-13)9-14-11-15-16-17-18(11)10-6-4-3-5-7-10/h3-7H,8-9,13H2,1-2H3,(H,14,15,17). The van der Waals surface area contributed by atoms with Gasteiger partial charge in [0.15, 0.2) is 0 Å². The van der Waals surface area contributed by atoms with E-state index in [1.54, 1.807) is 4.68 Å². The van der Waals surface area contributed by atoms with Gasteiger partial charge in [-0.1, -0.05) is 37.1 Å². The van der Waals surface area contributed by atoms with Crippen LogP contribution in [0.1, 0.15) is 13.8 Å². The molecule has 0 aliphatic heterocycles. The number of hydrogen-bond acceptors (Lipinski definition) is 5. The van der Waals surface area contributed by atoms with E-state index in [-0.39, 0.29) is 5.41 Å². The molecule has 1 aromatic heterocycles. The summed E-state index contributed by atoms with van der Waals surface area (Å²) < 4.78 is 1.67. The highest BCUT2D eigenvalue weighted by atomic mass is 15.6. The summed E-state index contributed by atoms with van der Waals surface area (Å²) in [6.45, 7) is 5.51. The zero-order chi connectivity index (χ0) is 13.0. The lowest BCUT2D eigenvalue weighted by molar-refractivity contribution is 0.404. The Morgan fingerprint density at radius 2 is 2.00 bits per heavy atom. The van der Waals surface area contributed by atoms with Crippen molar-refractivity contribution in [3.63, 3.8) is 0 Å². The van der Waals surface area contributed by atoms with E-state index >= 15 is 0 Å². The van der Waals surface area contributed by atoms with Crippen LogP contribution in [0.15, 0.2) is 30.3 Å². The second kappa shape index (κ2) is 5.14. The van der Waals surface area contributed by atoms with Crippen molar-refractivity contribution in [3.05, 3.63) is 30.3 Å². The normalized spacial score (nSPS) is 11.5. The number of nitrogens with zero attached hydrogens (tertiary/aromatic N) is 4. The number of para-hydroxylation sites is 1. The summed E-state index contributed by atoms with van der Waals surface area (Å²) in [5.74, 6) is 0.628.